The van der Waals surface area contributed by atoms with Crippen LogP contribution in [0, 0.1) is 5.92 Å². The van der Waals surface area contributed by atoms with Crippen LogP contribution >= 0.6 is 0 Å². The van der Waals surface area contributed by atoms with Gasteiger partial charge >= 0.3 is 0 Å². The van der Waals surface area contributed by atoms with Gasteiger partial charge in [0.15, 0.2) is 0 Å². The Labute approximate surface area is 82.2 Å². The number of rotatable bonds is 4. The van der Waals surface area contributed by atoms with Crippen LogP contribution in [0.4, 0.5) is 0 Å². The van der Waals surface area contributed by atoms with Crippen molar-refractivity contribution >= 4 is 10.0 Å². The van der Waals surface area contributed by atoms with Crippen molar-refractivity contribution in [3.8, 4) is 0 Å². The van der Waals surface area contributed by atoms with Crippen molar-refractivity contribution in [2.75, 3.05) is 7.05 Å². The molecule has 3 nitrogen and oxygen atoms in total. The third-order valence-electron chi connectivity index (χ3n) is 2.54. The second-order valence-electron chi connectivity index (χ2n) is 4.09. The highest BCUT2D eigenvalue weighted by molar-refractivity contribution is 7.89. The Hall–Kier alpha value is -0.0900. The highest BCUT2D eigenvalue weighted by Crippen LogP contribution is 2.15. The van der Waals surface area contributed by atoms with Gasteiger partial charge in [-0.05, 0) is 26.7 Å². The molecule has 0 aliphatic heterocycles. The fraction of sp³-hybridized carbons (Fsp3) is 1.00. The van der Waals surface area contributed by atoms with Crippen molar-refractivity contribution < 1.29 is 8.42 Å². The first-order valence-corrected chi connectivity index (χ1v) is 6.18. The fourth-order valence-electron chi connectivity index (χ4n) is 0.984. The average Bonchev–Trinajstić information content (AvgIpc) is 2.01. The Bertz CT molecular complexity index is 244. The lowest BCUT2D eigenvalue weighted by atomic mass is 10.1. The molecule has 13 heavy (non-hydrogen) atoms. The SMILES string of the molecule is CC(C)[C@@H](C)N(C)S(=O)(=O)C(C)C. The molecule has 1 atom stereocenters. The van der Waals surface area contributed by atoms with Crippen LogP contribution in [-0.2, 0) is 10.0 Å². The van der Waals surface area contributed by atoms with Crippen LogP contribution in [0.25, 0.3) is 0 Å². The number of sulfonamides is 1. The predicted molar refractivity (Wildman–Crippen MR) is 56.1 cm³/mol. The van der Waals surface area contributed by atoms with Crippen LogP contribution in [0.2, 0.25) is 0 Å². The van der Waals surface area contributed by atoms with Crippen LogP contribution in [0.3, 0.4) is 0 Å². The zero-order chi connectivity index (χ0) is 10.8. The molecule has 80 valence electrons. The van der Waals surface area contributed by atoms with Gasteiger partial charge in [0, 0.05) is 13.1 Å². The molecule has 0 radical (unpaired) electrons. The van der Waals surface area contributed by atoms with Gasteiger partial charge in [0.05, 0.1) is 5.25 Å². The molecule has 0 aliphatic rings. The van der Waals surface area contributed by atoms with Crippen LogP contribution in [-0.4, -0.2) is 31.1 Å². The Kier molecular flexibility index (Phi) is 4.39. The maximum Gasteiger partial charge on any atom is 0.216 e. The summed E-state index contributed by atoms with van der Waals surface area (Å²) in [6.07, 6.45) is 0. The molecule has 0 heterocycles. The second kappa shape index (κ2) is 4.42. The van der Waals surface area contributed by atoms with Gasteiger partial charge in [-0.3, -0.25) is 0 Å². The molecule has 0 rings (SSSR count). The summed E-state index contributed by atoms with van der Waals surface area (Å²) < 4.78 is 24.9. The summed E-state index contributed by atoms with van der Waals surface area (Å²) in [4.78, 5) is 0. The third-order valence-corrected chi connectivity index (χ3v) is 4.86. The third kappa shape index (κ3) is 2.95. The lowest BCUT2D eigenvalue weighted by molar-refractivity contribution is 0.313. The Morgan fingerprint density at radius 2 is 1.38 bits per heavy atom. The minimum Gasteiger partial charge on any atom is -0.212 e. The zero-order valence-corrected chi connectivity index (χ0v) is 10.2. The predicted octanol–water partition coefficient (Wildman–Crippen LogP) is 1.70. The molecule has 0 aromatic rings. The van der Waals surface area contributed by atoms with Gasteiger partial charge in [0.25, 0.3) is 0 Å². The smallest absolute Gasteiger partial charge is 0.212 e. The van der Waals surface area contributed by atoms with Crippen molar-refractivity contribution in [3.63, 3.8) is 0 Å². The summed E-state index contributed by atoms with van der Waals surface area (Å²) in [5, 5.41) is -0.335. The first-order valence-electron chi connectivity index (χ1n) is 4.68. The summed E-state index contributed by atoms with van der Waals surface area (Å²) in [6.45, 7) is 9.40. The summed E-state index contributed by atoms with van der Waals surface area (Å²) in [7, 11) is -1.44. The van der Waals surface area contributed by atoms with Gasteiger partial charge in [-0.25, -0.2) is 12.7 Å². The number of hydrogen-bond donors (Lipinski definition) is 0. The molecular weight excluding hydrogens is 186 g/mol. The lowest BCUT2D eigenvalue weighted by Crippen LogP contribution is -2.41. The molecule has 0 N–H and O–H groups in total. The first kappa shape index (κ1) is 12.9. The van der Waals surface area contributed by atoms with Crippen LogP contribution in [0.5, 0.6) is 0 Å². The van der Waals surface area contributed by atoms with Gasteiger partial charge < -0.3 is 0 Å². The Morgan fingerprint density at radius 3 is 1.62 bits per heavy atom. The molecule has 4 heteroatoms. The zero-order valence-electron chi connectivity index (χ0n) is 9.40. The molecular formula is C9H21NO2S. The van der Waals surface area contributed by atoms with E-state index in [4.69, 9.17) is 0 Å². The lowest BCUT2D eigenvalue weighted by Gasteiger charge is -2.28. The van der Waals surface area contributed by atoms with Crippen molar-refractivity contribution in [2.24, 2.45) is 5.92 Å². The van der Waals surface area contributed by atoms with Crippen LogP contribution < -0.4 is 0 Å². The van der Waals surface area contributed by atoms with E-state index in [-0.39, 0.29) is 11.3 Å². The van der Waals surface area contributed by atoms with Crippen molar-refractivity contribution in [1.29, 1.82) is 0 Å². The molecule has 0 saturated carbocycles. The average molecular weight is 207 g/mol. The highest BCUT2D eigenvalue weighted by Gasteiger charge is 2.27. The van der Waals surface area contributed by atoms with E-state index in [2.05, 4.69) is 0 Å². The van der Waals surface area contributed by atoms with Gasteiger partial charge in [-0.2, -0.15) is 0 Å². The van der Waals surface area contributed by atoms with E-state index in [0.717, 1.165) is 0 Å². The Balaban J connectivity index is 4.70. The van der Waals surface area contributed by atoms with Crippen molar-refractivity contribution in [3.05, 3.63) is 0 Å². The van der Waals surface area contributed by atoms with E-state index < -0.39 is 10.0 Å². The fourth-order valence-corrected chi connectivity index (χ4v) is 2.36. The molecule has 0 amide bonds. The first-order chi connectivity index (χ1) is 5.71. The van der Waals surface area contributed by atoms with Crippen LogP contribution in [0.1, 0.15) is 34.6 Å². The topological polar surface area (TPSA) is 37.4 Å². The number of hydrogen-bond acceptors (Lipinski definition) is 2. The van der Waals surface area contributed by atoms with Gasteiger partial charge in [0.1, 0.15) is 0 Å². The summed E-state index contributed by atoms with van der Waals surface area (Å²) in [5.74, 6) is 0.346. The maximum absolute atomic E-state index is 11.7. The molecule has 0 aromatic heterocycles. The molecule has 0 bridgehead atoms. The summed E-state index contributed by atoms with van der Waals surface area (Å²) in [5.41, 5.74) is 0. The number of nitrogens with zero attached hydrogens (tertiary/aromatic N) is 1. The summed E-state index contributed by atoms with van der Waals surface area (Å²) >= 11 is 0. The van der Waals surface area contributed by atoms with Crippen molar-refractivity contribution in [1.82, 2.24) is 4.31 Å². The summed E-state index contributed by atoms with van der Waals surface area (Å²) in [6, 6.07) is 0.0624. The second-order valence-corrected chi connectivity index (χ2v) is 6.64. The van der Waals surface area contributed by atoms with E-state index >= 15 is 0 Å². The van der Waals surface area contributed by atoms with E-state index in [1.54, 1.807) is 20.9 Å². The van der Waals surface area contributed by atoms with Crippen molar-refractivity contribution in [2.45, 2.75) is 45.9 Å². The quantitative estimate of drug-likeness (QED) is 0.703. The van der Waals surface area contributed by atoms with E-state index in [1.807, 2.05) is 20.8 Å². The maximum atomic E-state index is 11.7. The Morgan fingerprint density at radius 1 is 1.00 bits per heavy atom. The highest BCUT2D eigenvalue weighted by atomic mass is 32.2. The van der Waals surface area contributed by atoms with E-state index in [9.17, 15) is 8.42 Å². The molecule has 0 aliphatic carbocycles. The minimum absolute atomic E-state index is 0.0624. The molecule has 0 unspecified atom stereocenters. The minimum atomic E-state index is -3.09. The molecule has 0 aromatic carbocycles. The molecule has 0 spiro atoms. The molecule has 0 fully saturated rings. The normalized spacial score (nSPS) is 15.8. The monoisotopic (exact) mass is 207 g/mol. The standard InChI is InChI=1S/C9H21NO2S/c1-7(2)9(5)10(6)13(11,12)8(3)4/h7-9H,1-6H3/t9-/m1/s1. The molecule has 0 saturated heterocycles. The van der Waals surface area contributed by atoms with E-state index in [1.165, 1.54) is 4.31 Å². The van der Waals surface area contributed by atoms with E-state index in [0.29, 0.717) is 5.92 Å². The van der Waals surface area contributed by atoms with Crippen LogP contribution in [0.15, 0.2) is 0 Å². The van der Waals surface area contributed by atoms with Gasteiger partial charge in [-0.1, -0.05) is 13.8 Å². The van der Waals surface area contributed by atoms with Gasteiger partial charge in [0.2, 0.25) is 10.0 Å². The van der Waals surface area contributed by atoms with Gasteiger partial charge in [-0.15, -0.1) is 0 Å². The largest absolute Gasteiger partial charge is 0.216 e.